The highest BCUT2D eigenvalue weighted by atomic mass is 35.5. The number of aromatic nitrogens is 4. The van der Waals surface area contributed by atoms with Gasteiger partial charge in [-0.15, -0.1) is 10.2 Å². The molecule has 24 heavy (non-hydrogen) atoms. The highest BCUT2D eigenvalue weighted by molar-refractivity contribution is 7.80. The van der Waals surface area contributed by atoms with Gasteiger partial charge in [-0.05, 0) is 44.4 Å². The van der Waals surface area contributed by atoms with Crippen LogP contribution in [0.1, 0.15) is 29.1 Å². The Morgan fingerprint density at radius 2 is 2.08 bits per heavy atom. The van der Waals surface area contributed by atoms with E-state index in [0.29, 0.717) is 35.0 Å². The number of fused-ring (bicyclic) bond motifs is 1. The van der Waals surface area contributed by atoms with Crippen LogP contribution >= 0.6 is 11.6 Å². The van der Waals surface area contributed by atoms with Crippen molar-refractivity contribution in [2.75, 3.05) is 5.75 Å². The number of benzene rings is 1. The van der Waals surface area contributed by atoms with E-state index in [1.165, 1.54) is 0 Å². The first kappa shape index (κ1) is 17.0. The van der Waals surface area contributed by atoms with E-state index in [-0.39, 0.29) is 0 Å². The minimum absolute atomic E-state index is 0.426. The molecule has 1 unspecified atom stereocenters. The summed E-state index contributed by atoms with van der Waals surface area (Å²) in [4.78, 5) is 0. The van der Waals surface area contributed by atoms with Crippen molar-refractivity contribution in [3.8, 4) is 5.75 Å². The molecule has 3 rings (SSSR count). The van der Waals surface area contributed by atoms with Gasteiger partial charge in [0.2, 0.25) is 11.1 Å². The number of nitrogens with zero attached hydrogens (tertiary/aromatic N) is 3. The van der Waals surface area contributed by atoms with Crippen LogP contribution in [0.15, 0.2) is 18.2 Å². The Bertz CT molecular complexity index is 903. The monoisotopic (exact) mass is 366 g/mol. The van der Waals surface area contributed by atoms with E-state index in [1.54, 1.807) is 4.52 Å². The molecule has 2 heterocycles. The minimum atomic E-state index is -1.38. The molecule has 6 nitrogen and oxygen atoms in total. The van der Waals surface area contributed by atoms with Crippen LogP contribution in [-0.4, -0.2) is 29.8 Å². The highest BCUT2D eigenvalue weighted by Crippen LogP contribution is 2.21. The van der Waals surface area contributed by atoms with Gasteiger partial charge in [-0.1, -0.05) is 23.7 Å². The summed E-state index contributed by atoms with van der Waals surface area (Å²) in [5.74, 6) is 1.86. The van der Waals surface area contributed by atoms with E-state index in [4.69, 9.17) is 15.8 Å². The first-order valence-corrected chi connectivity index (χ1v) is 9.30. The van der Waals surface area contributed by atoms with Crippen molar-refractivity contribution in [2.24, 2.45) is 0 Å². The molecule has 3 aromatic rings. The van der Waals surface area contributed by atoms with Crippen molar-refractivity contribution in [1.82, 2.24) is 19.8 Å². The Morgan fingerprint density at radius 1 is 1.29 bits per heavy atom. The van der Waals surface area contributed by atoms with Gasteiger partial charge in [0.05, 0.1) is 11.4 Å². The molecular weight excluding hydrogens is 348 g/mol. The van der Waals surface area contributed by atoms with Crippen LogP contribution in [0.3, 0.4) is 0 Å². The van der Waals surface area contributed by atoms with Crippen molar-refractivity contribution >= 4 is 28.3 Å². The molecule has 0 aliphatic rings. The van der Waals surface area contributed by atoms with E-state index in [2.05, 4.69) is 15.3 Å². The maximum absolute atomic E-state index is 12.1. The maximum Gasteiger partial charge on any atom is 0.206 e. The Hall–Kier alpha value is -1.86. The van der Waals surface area contributed by atoms with Gasteiger partial charge >= 0.3 is 0 Å². The number of aromatic amines is 1. The van der Waals surface area contributed by atoms with Crippen molar-refractivity contribution in [2.45, 2.75) is 33.6 Å². The Morgan fingerprint density at radius 3 is 2.88 bits per heavy atom. The van der Waals surface area contributed by atoms with Crippen LogP contribution in [0.25, 0.3) is 5.65 Å². The van der Waals surface area contributed by atoms with Crippen LogP contribution in [0.5, 0.6) is 5.75 Å². The van der Waals surface area contributed by atoms with Crippen LogP contribution in [0.4, 0.5) is 0 Å². The normalized spacial score (nSPS) is 12.7. The van der Waals surface area contributed by atoms with E-state index in [9.17, 15) is 4.21 Å². The first-order valence-electron chi connectivity index (χ1n) is 7.67. The SMILES string of the molecule is Cc1ccc(C)c(OS(=O)CCCc2nnc3c(Cl)c(C)[nH]n23)c1. The predicted octanol–water partition coefficient (Wildman–Crippen LogP) is 3.31. The van der Waals surface area contributed by atoms with E-state index < -0.39 is 11.1 Å². The molecule has 0 saturated carbocycles. The van der Waals surface area contributed by atoms with Gasteiger partial charge in [-0.3, -0.25) is 5.10 Å². The highest BCUT2D eigenvalue weighted by Gasteiger charge is 2.14. The summed E-state index contributed by atoms with van der Waals surface area (Å²) in [7, 11) is 0. The van der Waals surface area contributed by atoms with Crippen LogP contribution in [0.2, 0.25) is 5.02 Å². The van der Waals surface area contributed by atoms with Crippen LogP contribution < -0.4 is 4.18 Å². The van der Waals surface area contributed by atoms with Crippen molar-refractivity contribution in [1.29, 1.82) is 0 Å². The third-order valence-corrected chi connectivity index (χ3v) is 5.21. The molecule has 1 atom stereocenters. The standard InChI is InChI=1S/C16H19ClN4O2S/c1-10-6-7-11(2)13(9-10)23-24(22)8-4-5-14-18-19-16-15(17)12(3)20-21(14)16/h6-7,9,20H,4-5,8H2,1-3H3. The number of hydrogen-bond donors (Lipinski definition) is 1. The van der Waals surface area contributed by atoms with Gasteiger partial charge in [0.1, 0.15) is 10.8 Å². The van der Waals surface area contributed by atoms with Gasteiger partial charge in [-0.2, -0.15) is 0 Å². The zero-order chi connectivity index (χ0) is 17.3. The smallest absolute Gasteiger partial charge is 0.206 e. The molecule has 0 radical (unpaired) electrons. The van der Waals surface area contributed by atoms with Crippen molar-refractivity contribution < 1.29 is 8.39 Å². The molecule has 0 aliphatic heterocycles. The number of hydrogen-bond acceptors (Lipinski definition) is 4. The fraction of sp³-hybridized carbons (Fsp3) is 0.375. The van der Waals surface area contributed by atoms with Crippen LogP contribution in [-0.2, 0) is 17.5 Å². The lowest BCUT2D eigenvalue weighted by Gasteiger charge is -2.08. The third kappa shape index (κ3) is 3.47. The number of H-pyrrole nitrogens is 1. The predicted molar refractivity (Wildman–Crippen MR) is 95.0 cm³/mol. The van der Waals surface area contributed by atoms with Crippen molar-refractivity contribution in [3.05, 3.63) is 45.9 Å². The third-order valence-electron chi connectivity index (χ3n) is 3.77. The van der Waals surface area contributed by atoms with Crippen molar-refractivity contribution in [3.63, 3.8) is 0 Å². The molecule has 128 valence electrons. The average Bonchev–Trinajstić information content (AvgIpc) is 3.05. The molecule has 0 saturated heterocycles. The molecule has 0 aliphatic carbocycles. The van der Waals surface area contributed by atoms with Crippen LogP contribution in [0, 0.1) is 20.8 Å². The molecular formula is C16H19ClN4O2S. The van der Waals surface area contributed by atoms with E-state index in [0.717, 1.165) is 22.6 Å². The summed E-state index contributed by atoms with van der Waals surface area (Å²) in [6, 6.07) is 5.87. The quantitative estimate of drug-likeness (QED) is 0.726. The van der Waals surface area contributed by atoms with E-state index in [1.807, 2.05) is 39.0 Å². The molecule has 0 spiro atoms. The Balaban J connectivity index is 1.58. The summed E-state index contributed by atoms with van der Waals surface area (Å²) in [5.41, 5.74) is 3.53. The summed E-state index contributed by atoms with van der Waals surface area (Å²) in [5, 5.41) is 11.9. The summed E-state index contributed by atoms with van der Waals surface area (Å²) >= 11 is 4.76. The molecule has 2 aromatic heterocycles. The summed E-state index contributed by atoms with van der Waals surface area (Å²) in [6.07, 6.45) is 1.31. The Labute approximate surface area is 147 Å². The lowest BCUT2D eigenvalue weighted by molar-refractivity contribution is 0.555. The van der Waals surface area contributed by atoms with Gasteiger partial charge in [0.25, 0.3) is 0 Å². The second-order valence-corrected chi connectivity index (χ2v) is 7.35. The number of rotatable bonds is 6. The minimum Gasteiger partial charge on any atom is -0.400 e. The fourth-order valence-corrected chi connectivity index (χ4v) is 3.42. The zero-order valence-electron chi connectivity index (χ0n) is 13.8. The zero-order valence-corrected chi connectivity index (χ0v) is 15.4. The fourth-order valence-electron chi connectivity index (χ4n) is 2.41. The number of halogens is 1. The van der Waals surface area contributed by atoms with E-state index >= 15 is 0 Å². The average molecular weight is 367 g/mol. The molecule has 0 fully saturated rings. The maximum atomic E-state index is 12.1. The lowest BCUT2D eigenvalue weighted by Crippen LogP contribution is -2.08. The summed E-state index contributed by atoms with van der Waals surface area (Å²) in [6.45, 7) is 5.80. The van der Waals surface area contributed by atoms with Gasteiger partial charge in [0.15, 0.2) is 11.5 Å². The summed E-state index contributed by atoms with van der Waals surface area (Å²) < 4.78 is 19.5. The Kier molecular flexibility index (Phi) is 4.91. The number of nitrogens with one attached hydrogen (secondary N) is 1. The van der Waals surface area contributed by atoms with Gasteiger partial charge in [-0.25, -0.2) is 8.72 Å². The van der Waals surface area contributed by atoms with Gasteiger partial charge in [0, 0.05) is 6.42 Å². The molecule has 0 bridgehead atoms. The largest absolute Gasteiger partial charge is 0.400 e. The molecule has 8 heteroatoms. The number of aryl methyl sites for hydroxylation is 4. The second-order valence-electron chi connectivity index (χ2n) is 5.79. The lowest BCUT2D eigenvalue weighted by atomic mass is 10.1. The van der Waals surface area contributed by atoms with Gasteiger partial charge < -0.3 is 4.18 Å². The topological polar surface area (TPSA) is 72.3 Å². The molecule has 0 amide bonds. The molecule has 1 aromatic carbocycles. The first-order chi connectivity index (χ1) is 11.5. The molecule has 1 N–H and O–H groups in total. The second kappa shape index (κ2) is 6.94.